The average Bonchev–Trinajstić information content (AvgIpc) is 2.22. The van der Waals surface area contributed by atoms with Gasteiger partial charge in [-0.05, 0) is 18.9 Å². The van der Waals surface area contributed by atoms with Gasteiger partial charge in [-0.3, -0.25) is 0 Å². The fourth-order valence-electron chi connectivity index (χ4n) is 1.56. The summed E-state index contributed by atoms with van der Waals surface area (Å²) in [5, 5.41) is 2.01. The highest BCUT2D eigenvalue weighted by Crippen LogP contribution is 2.32. The second kappa shape index (κ2) is 5.32. The van der Waals surface area contributed by atoms with Gasteiger partial charge in [-0.15, -0.1) is 0 Å². The van der Waals surface area contributed by atoms with Gasteiger partial charge in [0.1, 0.15) is 0 Å². The van der Waals surface area contributed by atoms with Gasteiger partial charge in [0.2, 0.25) is 0 Å². The number of rotatable bonds is 4. The topological polar surface area (TPSA) is 0 Å². The summed E-state index contributed by atoms with van der Waals surface area (Å²) in [5.74, 6) is 0. The molecule has 0 radical (unpaired) electrons. The third kappa shape index (κ3) is 2.40. The van der Waals surface area contributed by atoms with E-state index in [4.69, 9.17) is 0 Å². The number of hydrogen-bond acceptors (Lipinski definition) is 0. The molecule has 0 aliphatic heterocycles. The van der Waals surface area contributed by atoms with Crippen molar-refractivity contribution in [2.75, 3.05) is 10.7 Å². The van der Waals surface area contributed by atoms with Crippen LogP contribution < -0.4 is 0 Å². The fourth-order valence-corrected chi connectivity index (χ4v) is 3.93. The van der Waals surface area contributed by atoms with Gasteiger partial charge < -0.3 is 0 Å². The molecule has 0 amide bonds. The van der Waals surface area contributed by atoms with E-state index >= 15 is 0 Å². The van der Waals surface area contributed by atoms with Crippen molar-refractivity contribution in [2.24, 2.45) is 0 Å². The van der Waals surface area contributed by atoms with Crippen LogP contribution in [0.1, 0.15) is 24.5 Å². The minimum atomic E-state index is 0.242. The van der Waals surface area contributed by atoms with E-state index in [1.807, 2.05) is 0 Å². The van der Waals surface area contributed by atoms with Gasteiger partial charge in [0, 0.05) is 16.1 Å². The lowest BCUT2D eigenvalue weighted by molar-refractivity contribution is 0.533. The molecule has 2 heteroatoms. The Balaban J connectivity index is 3.10. The lowest BCUT2D eigenvalue weighted by atomic mass is 9.81. The summed E-state index contributed by atoms with van der Waals surface area (Å²) < 4.78 is 0. The molecule has 0 N–H and O–H groups in total. The number of alkyl halides is 2. The van der Waals surface area contributed by atoms with E-state index in [1.165, 1.54) is 11.1 Å². The monoisotopic (exact) mass is 318 g/mol. The summed E-state index contributed by atoms with van der Waals surface area (Å²) in [6, 6.07) is 8.79. The second-order valence-electron chi connectivity index (χ2n) is 3.77. The number of hydrogen-bond donors (Lipinski definition) is 0. The number of halogens is 2. The molecule has 0 aliphatic rings. The second-order valence-corrected chi connectivity index (χ2v) is 4.89. The largest absolute Gasteiger partial charge is 0.0918 e. The Bertz CT molecular complexity index is 282. The van der Waals surface area contributed by atoms with Gasteiger partial charge in [0.05, 0.1) is 0 Å². The molecule has 0 spiro atoms. The van der Waals surface area contributed by atoms with Gasteiger partial charge >= 0.3 is 0 Å². The van der Waals surface area contributed by atoms with E-state index in [2.05, 4.69) is 70.0 Å². The molecule has 78 valence electrons. The Morgan fingerprint density at radius 3 is 2.29 bits per heavy atom. The molecule has 0 unspecified atom stereocenters. The first-order valence-electron chi connectivity index (χ1n) is 4.87. The van der Waals surface area contributed by atoms with Gasteiger partial charge in [0.15, 0.2) is 0 Å². The van der Waals surface area contributed by atoms with Crippen molar-refractivity contribution in [1.82, 2.24) is 0 Å². The first kappa shape index (κ1) is 12.3. The molecule has 1 aromatic carbocycles. The highest BCUT2D eigenvalue weighted by atomic mass is 79.9. The standard InChI is InChI=1S/C12H16Br2/c1-3-12(8-13,9-14)11-6-4-5-10(2)7-11/h4-7H,3,8-9H2,1-2H3. The SMILES string of the molecule is CCC(CBr)(CBr)c1cccc(C)c1. The van der Waals surface area contributed by atoms with Crippen LogP contribution in [0.3, 0.4) is 0 Å². The predicted octanol–water partition coefficient (Wildman–Crippen LogP) is 4.43. The highest BCUT2D eigenvalue weighted by molar-refractivity contribution is 9.09. The minimum absolute atomic E-state index is 0.242. The zero-order valence-corrected chi connectivity index (χ0v) is 11.9. The molecular formula is C12H16Br2. The summed E-state index contributed by atoms with van der Waals surface area (Å²) in [4.78, 5) is 0. The Labute approximate surface area is 103 Å². The smallest absolute Gasteiger partial charge is 0.0144 e. The molecule has 0 heterocycles. The molecule has 0 aromatic heterocycles. The van der Waals surface area contributed by atoms with Crippen molar-refractivity contribution < 1.29 is 0 Å². The van der Waals surface area contributed by atoms with E-state index in [1.54, 1.807) is 0 Å². The Morgan fingerprint density at radius 1 is 1.21 bits per heavy atom. The molecule has 1 rings (SSSR count). The molecule has 1 aromatic rings. The van der Waals surface area contributed by atoms with Gasteiger partial charge in [-0.1, -0.05) is 68.6 Å². The number of benzene rings is 1. The first-order valence-corrected chi connectivity index (χ1v) is 7.12. The van der Waals surface area contributed by atoms with E-state index < -0.39 is 0 Å². The van der Waals surface area contributed by atoms with Gasteiger partial charge in [-0.2, -0.15) is 0 Å². The molecule has 0 saturated heterocycles. The molecule has 0 fully saturated rings. The van der Waals surface area contributed by atoms with Crippen LogP contribution in [0.5, 0.6) is 0 Å². The minimum Gasteiger partial charge on any atom is -0.0918 e. The van der Waals surface area contributed by atoms with Crippen LogP contribution in [-0.4, -0.2) is 10.7 Å². The van der Waals surface area contributed by atoms with Gasteiger partial charge in [0.25, 0.3) is 0 Å². The maximum Gasteiger partial charge on any atom is 0.0144 e. The van der Waals surface area contributed by atoms with Crippen molar-refractivity contribution in [3.8, 4) is 0 Å². The number of aryl methyl sites for hydroxylation is 1. The fraction of sp³-hybridized carbons (Fsp3) is 0.500. The van der Waals surface area contributed by atoms with Crippen molar-refractivity contribution in [2.45, 2.75) is 25.7 Å². The average molecular weight is 320 g/mol. The Hall–Kier alpha value is 0.180. The zero-order chi connectivity index (χ0) is 10.6. The summed E-state index contributed by atoms with van der Waals surface area (Å²) in [6.07, 6.45) is 1.15. The van der Waals surface area contributed by atoms with Crippen LogP contribution in [0, 0.1) is 6.92 Å². The predicted molar refractivity (Wildman–Crippen MR) is 70.7 cm³/mol. The van der Waals surface area contributed by atoms with E-state index in [-0.39, 0.29) is 5.41 Å². The van der Waals surface area contributed by atoms with Crippen molar-refractivity contribution in [1.29, 1.82) is 0 Å². The molecular weight excluding hydrogens is 304 g/mol. The highest BCUT2D eigenvalue weighted by Gasteiger charge is 2.27. The normalized spacial score (nSPS) is 11.7. The Kier molecular flexibility index (Phi) is 4.65. The summed E-state index contributed by atoms with van der Waals surface area (Å²) in [5.41, 5.74) is 3.00. The zero-order valence-electron chi connectivity index (χ0n) is 8.69. The van der Waals surface area contributed by atoms with Crippen molar-refractivity contribution in [3.05, 3.63) is 35.4 Å². The quantitative estimate of drug-likeness (QED) is 0.720. The maximum atomic E-state index is 3.62. The third-order valence-corrected chi connectivity index (χ3v) is 4.97. The van der Waals surface area contributed by atoms with E-state index in [0.29, 0.717) is 0 Å². The molecule has 0 atom stereocenters. The third-order valence-electron chi connectivity index (χ3n) is 2.82. The first-order chi connectivity index (χ1) is 6.68. The van der Waals surface area contributed by atoms with Crippen LogP contribution in [0.2, 0.25) is 0 Å². The van der Waals surface area contributed by atoms with Crippen molar-refractivity contribution >= 4 is 31.9 Å². The lowest BCUT2D eigenvalue weighted by Crippen LogP contribution is -2.29. The Morgan fingerprint density at radius 2 is 1.86 bits per heavy atom. The van der Waals surface area contributed by atoms with Crippen molar-refractivity contribution in [3.63, 3.8) is 0 Å². The molecule has 0 nitrogen and oxygen atoms in total. The van der Waals surface area contributed by atoms with Gasteiger partial charge in [-0.25, -0.2) is 0 Å². The maximum absolute atomic E-state index is 3.62. The van der Waals surface area contributed by atoms with E-state index in [0.717, 1.165) is 17.1 Å². The van der Waals surface area contributed by atoms with Crippen LogP contribution in [0.4, 0.5) is 0 Å². The lowest BCUT2D eigenvalue weighted by Gasteiger charge is -2.29. The molecule has 14 heavy (non-hydrogen) atoms. The van der Waals surface area contributed by atoms with Crippen LogP contribution in [0.25, 0.3) is 0 Å². The summed E-state index contributed by atoms with van der Waals surface area (Å²) in [7, 11) is 0. The van der Waals surface area contributed by atoms with Crippen LogP contribution >= 0.6 is 31.9 Å². The van der Waals surface area contributed by atoms with E-state index in [9.17, 15) is 0 Å². The molecule has 0 aliphatic carbocycles. The summed E-state index contributed by atoms with van der Waals surface area (Å²) >= 11 is 7.25. The summed E-state index contributed by atoms with van der Waals surface area (Å²) in [6.45, 7) is 4.39. The van der Waals surface area contributed by atoms with Crippen LogP contribution in [-0.2, 0) is 5.41 Å². The van der Waals surface area contributed by atoms with Crippen LogP contribution in [0.15, 0.2) is 24.3 Å². The molecule has 0 bridgehead atoms. The molecule has 0 saturated carbocycles.